The highest BCUT2D eigenvalue weighted by Gasteiger charge is 2.20. The van der Waals surface area contributed by atoms with E-state index in [-0.39, 0.29) is 5.91 Å². The van der Waals surface area contributed by atoms with Crippen molar-refractivity contribution in [1.82, 2.24) is 4.90 Å². The Morgan fingerprint density at radius 1 is 1.53 bits per heavy atom. The molecule has 0 spiro atoms. The fourth-order valence-corrected chi connectivity index (χ4v) is 2.65. The second kappa shape index (κ2) is 5.98. The fourth-order valence-electron chi connectivity index (χ4n) is 2.03. The predicted molar refractivity (Wildman–Crippen MR) is 71.7 cm³/mol. The van der Waals surface area contributed by atoms with E-state index in [2.05, 4.69) is 0 Å². The van der Waals surface area contributed by atoms with Crippen LogP contribution < -0.4 is 5.73 Å². The smallest absolute Gasteiger partial charge is 0.246 e. The lowest BCUT2D eigenvalue weighted by atomic mass is 9.97. The minimum atomic E-state index is 0.119. The summed E-state index contributed by atoms with van der Waals surface area (Å²) >= 11 is 1.64. The molecule has 1 aromatic heterocycles. The van der Waals surface area contributed by atoms with Crippen LogP contribution in [-0.2, 0) is 4.79 Å². The van der Waals surface area contributed by atoms with E-state index in [9.17, 15) is 4.79 Å². The van der Waals surface area contributed by atoms with E-state index < -0.39 is 0 Å². The van der Waals surface area contributed by atoms with Crippen molar-refractivity contribution >= 4 is 23.3 Å². The molecule has 1 aliphatic heterocycles. The van der Waals surface area contributed by atoms with E-state index in [0.29, 0.717) is 5.92 Å². The number of nitrogens with two attached hydrogens (primary N) is 1. The number of thiophene rings is 1. The zero-order valence-corrected chi connectivity index (χ0v) is 10.7. The van der Waals surface area contributed by atoms with Gasteiger partial charge in [-0.3, -0.25) is 4.79 Å². The van der Waals surface area contributed by atoms with Gasteiger partial charge in [0, 0.05) is 24.0 Å². The lowest BCUT2D eigenvalue weighted by molar-refractivity contribution is -0.127. The van der Waals surface area contributed by atoms with Crippen LogP contribution in [0.3, 0.4) is 0 Å². The van der Waals surface area contributed by atoms with E-state index in [4.69, 9.17) is 5.73 Å². The second-order valence-corrected chi connectivity index (χ2v) is 5.33. The van der Waals surface area contributed by atoms with Gasteiger partial charge < -0.3 is 10.6 Å². The highest BCUT2D eigenvalue weighted by atomic mass is 32.1. The van der Waals surface area contributed by atoms with Crippen LogP contribution in [0.5, 0.6) is 0 Å². The van der Waals surface area contributed by atoms with E-state index >= 15 is 0 Å². The summed E-state index contributed by atoms with van der Waals surface area (Å²) in [5.41, 5.74) is 5.63. The lowest BCUT2D eigenvalue weighted by Crippen LogP contribution is -2.39. The van der Waals surface area contributed by atoms with E-state index in [1.165, 1.54) is 0 Å². The summed E-state index contributed by atoms with van der Waals surface area (Å²) in [6, 6.07) is 4.00. The van der Waals surface area contributed by atoms with Crippen molar-refractivity contribution in [3.63, 3.8) is 0 Å². The third kappa shape index (κ3) is 3.41. The topological polar surface area (TPSA) is 46.3 Å². The molecular formula is C13H18N2OS. The molecule has 1 amide bonds. The van der Waals surface area contributed by atoms with Gasteiger partial charge in [-0.15, -0.1) is 11.3 Å². The molecule has 2 N–H and O–H groups in total. The van der Waals surface area contributed by atoms with Crippen molar-refractivity contribution in [1.29, 1.82) is 0 Å². The maximum Gasteiger partial charge on any atom is 0.246 e. The van der Waals surface area contributed by atoms with Crippen LogP contribution in [0.15, 0.2) is 23.6 Å². The molecule has 2 rings (SSSR count). The molecular weight excluding hydrogens is 232 g/mol. The normalized spacial score (nSPS) is 17.8. The van der Waals surface area contributed by atoms with E-state index in [1.807, 2.05) is 28.5 Å². The minimum Gasteiger partial charge on any atom is -0.339 e. The monoisotopic (exact) mass is 250 g/mol. The molecule has 0 unspecified atom stereocenters. The van der Waals surface area contributed by atoms with Gasteiger partial charge in [-0.05, 0) is 42.8 Å². The number of amides is 1. The first kappa shape index (κ1) is 12.3. The summed E-state index contributed by atoms with van der Waals surface area (Å²) in [7, 11) is 0. The van der Waals surface area contributed by atoms with Crippen LogP contribution in [0.25, 0.3) is 6.08 Å². The average Bonchev–Trinajstić information content (AvgIpc) is 2.89. The van der Waals surface area contributed by atoms with Gasteiger partial charge in [0.2, 0.25) is 5.91 Å². The van der Waals surface area contributed by atoms with Crippen molar-refractivity contribution in [2.45, 2.75) is 12.8 Å². The minimum absolute atomic E-state index is 0.119. The number of nitrogens with zero attached hydrogens (tertiary/aromatic N) is 1. The van der Waals surface area contributed by atoms with Crippen LogP contribution >= 0.6 is 11.3 Å². The molecule has 92 valence electrons. The second-order valence-electron chi connectivity index (χ2n) is 4.35. The van der Waals surface area contributed by atoms with Crippen molar-refractivity contribution in [3.05, 3.63) is 28.5 Å². The summed E-state index contributed by atoms with van der Waals surface area (Å²) in [6.45, 7) is 2.43. The summed E-state index contributed by atoms with van der Waals surface area (Å²) < 4.78 is 0. The molecule has 2 heterocycles. The van der Waals surface area contributed by atoms with Crippen molar-refractivity contribution in [3.8, 4) is 0 Å². The Hall–Kier alpha value is -1.13. The molecule has 4 heteroatoms. The quantitative estimate of drug-likeness (QED) is 0.834. The number of likely N-dealkylation sites (tertiary alicyclic amines) is 1. The van der Waals surface area contributed by atoms with Gasteiger partial charge in [0.05, 0.1) is 0 Å². The number of carbonyl (C=O) groups is 1. The van der Waals surface area contributed by atoms with Crippen molar-refractivity contribution in [2.24, 2.45) is 11.7 Å². The highest BCUT2D eigenvalue weighted by molar-refractivity contribution is 7.10. The summed E-state index contributed by atoms with van der Waals surface area (Å²) in [5.74, 6) is 0.717. The maximum atomic E-state index is 11.9. The molecule has 0 aromatic carbocycles. The fraction of sp³-hybridized carbons (Fsp3) is 0.462. The van der Waals surface area contributed by atoms with Crippen LogP contribution in [0.2, 0.25) is 0 Å². The van der Waals surface area contributed by atoms with Crippen LogP contribution in [0.1, 0.15) is 17.7 Å². The van der Waals surface area contributed by atoms with E-state index in [0.717, 1.165) is 37.4 Å². The molecule has 0 bridgehead atoms. The van der Waals surface area contributed by atoms with Gasteiger partial charge in [-0.1, -0.05) is 6.07 Å². The number of hydrogen-bond donors (Lipinski definition) is 1. The third-order valence-corrected chi connectivity index (χ3v) is 4.03. The zero-order chi connectivity index (χ0) is 12.1. The zero-order valence-electron chi connectivity index (χ0n) is 9.84. The van der Waals surface area contributed by atoms with Crippen LogP contribution in [0, 0.1) is 5.92 Å². The van der Waals surface area contributed by atoms with Crippen LogP contribution in [-0.4, -0.2) is 30.4 Å². The lowest BCUT2D eigenvalue weighted by Gasteiger charge is -2.30. The van der Waals surface area contributed by atoms with Crippen LogP contribution in [0.4, 0.5) is 0 Å². The molecule has 0 atom stereocenters. The number of hydrogen-bond acceptors (Lipinski definition) is 3. The Kier molecular flexibility index (Phi) is 4.34. The Morgan fingerprint density at radius 2 is 2.29 bits per heavy atom. The number of rotatable bonds is 3. The first-order valence-electron chi connectivity index (χ1n) is 6.00. The maximum absolute atomic E-state index is 11.9. The summed E-state index contributed by atoms with van der Waals surface area (Å²) in [5, 5.41) is 2.01. The molecule has 0 aliphatic carbocycles. The highest BCUT2D eigenvalue weighted by Crippen LogP contribution is 2.16. The standard InChI is InChI=1S/C13H18N2OS/c14-10-11-5-7-15(8-6-11)13(16)4-3-12-2-1-9-17-12/h1-4,9,11H,5-8,10,14H2/b4-3+. The molecule has 1 aliphatic rings. The molecule has 0 radical (unpaired) electrons. The predicted octanol–water partition coefficient (Wildman–Crippen LogP) is 1.96. The number of piperidine rings is 1. The molecule has 17 heavy (non-hydrogen) atoms. The Labute approximate surface area is 106 Å². The largest absolute Gasteiger partial charge is 0.339 e. The third-order valence-electron chi connectivity index (χ3n) is 3.19. The van der Waals surface area contributed by atoms with Gasteiger partial charge in [-0.25, -0.2) is 0 Å². The van der Waals surface area contributed by atoms with Gasteiger partial charge in [0.1, 0.15) is 0 Å². The first-order valence-corrected chi connectivity index (χ1v) is 6.88. The molecule has 3 nitrogen and oxygen atoms in total. The van der Waals surface area contributed by atoms with Gasteiger partial charge in [0.15, 0.2) is 0 Å². The molecule has 0 saturated carbocycles. The average molecular weight is 250 g/mol. The summed E-state index contributed by atoms with van der Waals surface area (Å²) in [6.07, 6.45) is 5.64. The van der Waals surface area contributed by atoms with Gasteiger partial charge in [0.25, 0.3) is 0 Å². The first-order chi connectivity index (χ1) is 8.29. The Bertz CT molecular complexity index is 378. The van der Waals surface area contributed by atoms with Crippen molar-refractivity contribution < 1.29 is 4.79 Å². The molecule has 1 aromatic rings. The summed E-state index contributed by atoms with van der Waals surface area (Å²) in [4.78, 5) is 14.9. The van der Waals surface area contributed by atoms with Gasteiger partial charge >= 0.3 is 0 Å². The Morgan fingerprint density at radius 3 is 2.88 bits per heavy atom. The van der Waals surface area contributed by atoms with Crippen molar-refractivity contribution in [2.75, 3.05) is 19.6 Å². The molecule has 1 fully saturated rings. The van der Waals surface area contributed by atoms with E-state index in [1.54, 1.807) is 17.4 Å². The van der Waals surface area contributed by atoms with Gasteiger partial charge in [-0.2, -0.15) is 0 Å². The number of carbonyl (C=O) groups excluding carboxylic acids is 1. The molecule has 1 saturated heterocycles. The Balaban J connectivity index is 1.85. The SMILES string of the molecule is NCC1CCN(C(=O)/C=C/c2cccs2)CC1.